The highest BCUT2D eigenvalue weighted by Crippen LogP contribution is 2.33. The summed E-state index contributed by atoms with van der Waals surface area (Å²) in [6.45, 7) is 2.72. The topological polar surface area (TPSA) is 41.9 Å². The molecule has 1 heterocycles. The van der Waals surface area contributed by atoms with Gasteiger partial charge in [0.2, 0.25) is 0 Å². The molecule has 1 aromatic carbocycles. The van der Waals surface area contributed by atoms with Crippen LogP contribution in [0.4, 0.5) is 17.6 Å². The third-order valence-corrected chi connectivity index (χ3v) is 3.26. The predicted molar refractivity (Wildman–Crippen MR) is 70.2 cm³/mol. The average Bonchev–Trinajstić information content (AvgIpc) is 2.46. The lowest BCUT2D eigenvalue weighted by Crippen LogP contribution is -2.42. The zero-order valence-corrected chi connectivity index (χ0v) is 11.8. The Balaban J connectivity index is 1.88. The van der Waals surface area contributed by atoms with E-state index in [4.69, 9.17) is 9.47 Å². The van der Waals surface area contributed by atoms with Gasteiger partial charge < -0.3 is 14.6 Å². The van der Waals surface area contributed by atoms with Gasteiger partial charge in [-0.25, -0.2) is 4.39 Å². The quantitative estimate of drug-likeness (QED) is 0.841. The van der Waals surface area contributed by atoms with Gasteiger partial charge >= 0.3 is 6.18 Å². The van der Waals surface area contributed by atoms with Crippen molar-refractivity contribution in [2.45, 2.75) is 12.3 Å². The maximum Gasteiger partial charge on any atom is 0.419 e. The van der Waals surface area contributed by atoms with Crippen LogP contribution in [0.15, 0.2) is 18.2 Å². The molecule has 0 bridgehead atoms. The zero-order chi connectivity index (χ0) is 16.2. The number of nitrogens with zero attached hydrogens (tertiary/aromatic N) is 1. The van der Waals surface area contributed by atoms with Crippen molar-refractivity contribution in [1.29, 1.82) is 0 Å². The molecule has 1 N–H and O–H groups in total. The van der Waals surface area contributed by atoms with E-state index in [2.05, 4.69) is 0 Å². The van der Waals surface area contributed by atoms with Gasteiger partial charge in [-0.15, -0.1) is 0 Å². The Hall–Kier alpha value is -1.38. The van der Waals surface area contributed by atoms with Crippen LogP contribution in [-0.2, 0) is 10.9 Å². The van der Waals surface area contributed by atoms with E-state index in [1.807, 2.05) is 4.90 Å². The smallest absolute Gasteiger partial charge is 0.419 e. The predicted octanol–water partition coefficient (Wildman–Crippen LogP) is 1.92. The summed E-state index contributed by atoms with van der Waals surface area (Å²) in [5.74, 6) is -1.48. The minimum atomic E-state index is -4.78. The number of alkyl halides is 3. The Morgan fingerprint density at radius 1 is 1.27 bits per heavy atom. The first-order valence-corrected chi connectivity index (χ1v) is 6.84. The minimum absolute atomic E-state index is 0.130. The lowest BCUT2D eigenvalue weighted by Gasteiger charge is -2.28. The van der Waals surface area contributed by atoms with Crippen molar-refractivity contribution in [2.24, 2.45) is 0 Å². The molecule has 8 heteroatoms. The summed E-state index contributed by atoms with van der Waals surface area (Å²) in [5.41, 5.74) is -1.38. The van der Waals surface area contributed by atoms with Crippen molar-refractivity contribution < 1.29 is 32.1 Å². The molecular formula is C14H17F4NO3. The van der Waals surface area contributed by atoms with Crippen molar-refractivity contribution in [1.82, 2.24) is 4.90 Å². The number of aliphatic hydroxyl groups excluding tert-OH is 1. The number of rotatable bonds is 5. The fourth-order valence-electron chi connectivity index (χ4n) is 2.14. The molecule has 1 unspecified atom stereocenters. The molecule has 0 spiro atoms. The molecule has 1 saturated heterocycles. The molecular weight excluding hydrogens is 306 g/mol. The van der Waals surface area contributed by atoms with Gasteiger partial charge in [0.05, 0.1) is 18.8 Å². The van der Waals surface area contributed by atoms with Crippen molar-refractivity contribution in [3.8, 4) is 5.75 Å². The first-order chi connectivity index (χ1) is 10.4. The van der Waals surface area contributed by atoms with Crippen molar-refractivity contribution >= 4 is 0 Å². The molecule has 22 heavy (non-hydrogen) atoms. The molecule has 0 radical (unpaired) electrons. The highest BCUT2D eigenvalue weighted by atomic mass is 19.4. The van der Waals surface area contributed by atoms with E-state index in [1.54, 1.807) is 0 Å². The minimum Gasteiger partial charge on any atom is -0.491 e. The summed E-state index contributed by atoms with van der Waals surface area (Å²) in [4.78, 5) is 1.98. The number of halogens is 4. The Bertz CT molecular complexity index is 489. The number of hydrogen-bond acceptors (Lipinski definition) is 4. The van der Waals surface area contributed by atoms with Crippen molar-refractivity contribution in [2.75, 3.05) is 39.5 Å². The van der Waals surface area contributed by atoms with E-state index in [0.29, 0.717) is 45.0 Å². The molecule has 1 atom stereocenters. The van der Waals surface area contributed by atoms with Gasteiger partial charge in [0.15, 0.2) is 0 Å². The SMILES string of the molecule is OC(COc1ccc(F)c(C(F)(F)F)c1)CN1CCOCC1. The third-order valence-electron chi connectivity index (χ3n) is 3.26. The third kappa shape index (κ3) is 4.82. The van der Waals surface area contributed by atoms with E-state index in [9.17, 15) is 22.7 Å². The molecule has 0 amide bonds. The molecule has 2 rings (SSSR count). The van der Waals surface area contributed by atoms with E-state index >= 15 is 0 Å². The summed E-state index contributed by atoms with van der Waals surface area (Å²) < 4.78 is 61.1. The second kappa shape index (κ2) is 7.26. The van der Waals surface area contributed by atoms with Gasteiger partial charge in [0, 0.05) is 19.6 Å². The Labute approximate surface area is 125 Å². The highest BCUT2D eigenvalue weighted by molar-refractivity contribution is 5.31. The summed E-state index contributed by atoms with van der Waals surface area (Å²) in [7, 11) is 0. The molecule has 0 aromatic heterocycles. The Kier molecular flexibility index (Phi) is 5.60. The second-order valence-corrected chi connectivity index (χ2v) is 5.02. The van der Waals surface area contributed by atoms with Crippen LogP contribution in [-0.4, -0.2) is 55.6 Å². The summed E-state index contributed by atoms with van der Waals surface area (Å²) in [5, 5.41) is 9.84. The van der Waals surface area contributed by atoms with E-state index in [0.717, 1.165) is 6.07 Å². The number of hydrogen-bond donors (Lipinski definition) is 1. The highest BCUT2D eigenvalue weighted by Gasteiger charge is 2.34. The van der Waals surface area contributed by atoms with Crippen LogP contribution < -0.4 is 4.74 Å². The fraction of sp³-hybridized carbons (Fsp3) is 0.571. The number of aliphatic hydroxyl groups is 1. The second-order valence-electron chi connectivity index (χ2n) is 5.02. The van der Waals surface area contributed by atoms with Crippen molar-refractivity contribution in [3.05, 3.63) is 29.6 Å². The average molecular weight is 323 g/mol. The normalized spacial score (nSPS) is 18.2. The number of benzene rings is 1. The number of morpholine rings is 1. The van der Waals surface area contributed by atoms with Crippen LogP contribution in [0.2, 0.25) is 0 Å². The molecule has 1 fully saturated rings. The van der Waals surface area contributed by atoms with E-state index in [-0.39, 0.29) is 12.4 Å². The van der Waals surface area contributed by atoms with Crippen LogP contribution in [0.1, 0.15) is 5.56 Å². The molecule has 0 saturated carbocycles. The lowest BCUT2D eigenvalue weighted by molar-refractivity contribution is -0.140. The maximum atomic E-state index is 13.1. The zero-order valence-electron chi connectivity index (χ0n) is 11.8. The first kappa shape index (κ1) is 17.0. The monoisotopic (exact) mass is 323 g/mol. The van der Waals surface area contributed by atoms with Crippen LogP contribution in [0, 0.1) is 5.82 Å². The van der Waals surface area contributed by atoms with Gasteiger partial charge in [-0.3, -0.25) is 4.90 Å². The Morgan fingerprint density at radius 2 is 1.95 bits per heavy atom. The largest absolute Gasteiger partial charge is 0.491 e. The van der Waals surface area contributed by atoms with Gasteiger partial charge in [-0.2, -0.15) is 13.2 Å². The van der Waals surface area contributed by atoms with E-state index < -0.39 is 23.7 Å². The fourth-order valence-corrected chi connectivity index (χ4v) is 2.14. The molecule has 124 valence electrons. The van der Waals surface area contributed by atoms with Crippen molar-refractivity contribution in [3.63, 3.8) is 0 Å². The van der Waals surface area contributed by atoms with Crippen LogP contribution in [0.5, 0.6) is 5.75 Å². The molecule has 1 aliphatic heterocycles. The molecule has 1 aliphatic rings. The van der Waals surface area contributed by atoms with Gasteiger partial charge in [-0.1, -0.05) is 0 Å². The summed E-state index contributed by atoms with van der Waals surface area (Å²) in [6.07, 6.45) is -5.63. The standard InChI is InChI=1S/C14H17F4NO3/c15-13-2-1-11(7-12(13)14(16,17)18)22-9-10(20)8-19-3-5-21-6-4-19/h1-2,7,10,20H,3-6,8-9H2. The van der Waals surface area contributed by atoms with Gasteiger partial charge in [0.1, 0.15) is 24.3 Å². The Morgan fingerprint density at radius 3 is 2.59 bits per heavy atom. The molecule has 0 aliphatic carbocycles. The van der Waals surface area contributed by atoms with Gasteiger partial charge in [0.25, 0.3) is 0 Å². The van der Waals surface area contributed by atoms with Crippen LogP contribution >= 0.6 is 0 Å². The number of ether oxygens (including phenoxy) is 2. The van der Waals surface area contributed by atoms with Crippen LogP contribution in [0.3, 0.4) is 0 Å². The van der Waals surface area contributed by atoms with Crippen LogP contribution in [0.25, 0.3) is 0 Å². The lowest BCUT2D eigenvalue weighted by atomic mass is 10.2. The van der Waals surface area contributed by atoms with E-state index in [1.165, 1.54) is 0 Å². The molecule has 1 aromatic rings. The maximum absolute atomic E-state index is 13.1. The summed E-state index contributed by atoms with van der Waals surface area (Å²) >= 11 is 0. The molecule has 4 nitrogen and oxygen atoms in total. The first-order valence-electron chi connectivity index (χ1n) is 6.84. The summed E-state index contributed by atoms with van der Waals surface area (Å²) in [6, 6.07) is 2.40. The van der Waals surface area contributed by atoms with Gasteiger partial charge in [-0.05, 0) is 18.2 Å². The number of β-amino-alcohol motifs (C(OH)–C–C–N with tert-alkyl or cyclic N) is 1.